The number of carbonyl (C=O) groups excluding carboxylic acids is 2. The third-order valence-electron chi connectivity index (χ3n) is 6.16. The Hall–Kier alpha value is -3.00. The molecule has 0 saturated carbocycles. The van der Waals surface area contributed by atoms with Crippen LogP contribution in [0.15, 0.2) is 66.7 Å². The molecule has 0 spiro atoms. The molecule has 2 heterocycles. The van der Waals surface area contributed by atoms with Gasteiger partial charge < -0.3 is 20.4 Å². The summed E-state index contributed by atoms with van der Waals surface area (Å²) in [4.78, 5) is 29.1. The summed E-state index contributed by atoms with van der Waals surface area (Å²) in [5, 5.41) is 23.5. The number of benzene rings is 2. The maximum Gasteiger partial charge on any atom is 0.255 e. The van der Waals surface area contributed by atoms with Crippen molar-refractivity contribution in [2.24, 2.45) is 0 Å². The number of nitrogens with zero attached hydrogens (tertiary/aromatic N) is 1. The standard InChI is InChI=1S/C27H30N2O4S/c1-18-7-5-10-20(15-18)23-11-6-14-29(23)27(33)25(31)24(30)26(32)28-17-22-13-12-21(34-22)16-19-8-3-2-4-9-19/h2-5,7-10,12-13,15,23-25,30-31H,6,11,14,16-17H2,1H3,(H,28,32)/t23?,24?,25-/m1/s1. The Balaban J connectivity index is 1.32. The van der Waals surface area contributed by atoms with Crippen LogP contribution in [0.1, 0.15) is 45.3 Å². The third-order valence-corrected chi connectivity index (χ3v) is 7.24. The number of aliphatic hydroxyl groups excluding tert-OH is 2. The molecule has 1 fully saturated rings. The van der Waals surface area contributed by atoms with Gasteiger partial charge >= 0.3 is 0 Å². The molecule has 3 N–H and O–H groups in total. The fraction of sp³-hybridized carbons (Fsp3) is 0.333. The molecule has 7 heteroatoms. The number of likely N-dealkylation sites (tertiary alicyclic amines) is 1. The fourth-order valence-electron chi connectivity index (χ4n) is 4.39. The van der Waals surface area contributed by atoms with Crippen molar-refractivity contribution in [2.45, 2.75) is 51.0 Å². The van der Waals surface area contributed by atoms with E-state index in [-0.39, 0.29) is 12.6 Å². The van der Waals surface area contributed by atoms with Crippen molar-refractivity contribution in [3.8, 4) is 0 Å². The molecule has 2 aromatic carbocycles. The molecule has 2 unspecified atom stereocenters. The zero-order valence-electron chi connectivity index (χ0n) is 19.2. The molecule has 1 aliphatic rings. The van der Waals surface area contributed by atoms with Gasteiger partial charge in [-0.3, -0.25) is 9.59 Å². The molecule has 178 valence electrons. The Morgan fingerprint density at radius 1 is 1.03 bits per heavy atom. The van der Waals surface area contributed by atoms with E-state index in [2.05, 4.69) is 17.4 Å². The van der Waals surface area contributed by atoms with Crippen LogP contribution in [0.2, 0.25) is 0 Å². The minimum Gasteiger partial charge on any atom is -0.380 e. The van der Waals surface area contributed by atoms with Crippen LogP contribution < -0.4 is 5.32 Å². The van der Waals surface area contributed by atoms with E-state index in [1.54, 1.807) is 16.2 Å². The fourth-order valence-corrected chi connectivity index (χ4v) is 5.38. The van der Waals surface area contributed by atoms with E-state index >= 15 is 0 Å². The van der Waals surface area contributed by atoms with E-state index in [9.17, 15) is 19.8 Å². The Morgan fingerprint density at radius 2 is 1.79 bits per heavy atom. The van der Waals surface area contributed by atoms with Gasteiger partial charge in [0.15, 0.2) is 12.2 Å². The molecular formula is C27H30N2O4S. The number of aliphatic hydroxyl groups is 2. The number of hydrogen-bond acceptors (Lipinski definition) is 5. The summed E-state index contributed by atoms with van der Waals surface area (Å²) in [6.07, 6.45) is -1.22. The summed E-state index contributed by atoms with van der Waals surface area (Å²) in [7, 11) is 0. The van der Waals surface area contributed by atoms with Crippen LogP contribution in [0.3, 0.4) is 0 Å². The van der Waals surface area contributed by atoms with Crippen molar-refractivity contribution in [1.29, 1.82) is 0 Å². The number of hydrogen-bond donors (Lipinski definition) is 3. The molecule has 4 rings (SSSR count). The predicted octanol–water partition coefficient (Wildman–Crippen LogP) is 3.35. The van der Waals surface area contributed by atoms with Crippen LogP contribution in [-0.2, 0) is 22.6 Å². The summed E-state index contributed by atoms with van der Waals surface area (Å²) in [5.74, 6) is -1.38. The third kappa shape index (κ3) is 5.73. The number of thiophene rings is 1. The van der Waals surface area contributed by atoms with Crippen LogP contribution in [0.5, 0.6) is 0 Å². The summed E-state index contributed by atoms with van der Waals surface area (Å²) in [6.45, 7) is 2.71. The summed E-state index contributed by atoms with van der Waals surface area (Å²) in [5.41, 5.74) is 3.31. The lowest BCUT2D eigenvalue weighted by Crippen LogP contribution is -2.50. The van der Waals surface area contributed by atoms with Crippen molar-refractivity contribution < 1.29 is 19.8 Å². The molecule has 1 aromatic heterocycles. The minimum absolute atomic E-state index is 0.161. The summed E-state index contributed by atoms with van der Waals surface area (Å²) in [6, 6.07) is 21.9. The van der Waals surface area contributed by atoms with E-state index < -0.39 is 24.0 Å². The maximum absolute atomic E-state index is 12.9. The number of carbonyl (C=O) groups is 2. The van der Waals surface area contributed by atoms with Gasteiger partial charge in [0.25, 0.3) is 11.8 Å². The normalized spacial score (nSPS) is 17.4. The van der Waals surface area contributed by atoms with Gasteiger partial charge in [0.2, 0.25) is 0 Å². The van der Waals surface area contributed by atoms with Crippen molar-refractivity contribution >= 4 is 23.2 Å². The predicted molar refractivity (Wildman–Crippen MR) is 132 cm³/mol. The lowest BCUT2D eigenvalue weighted by molar-refractivity contribution is -0.153. The molecule has 34 heavy (non-hydrogen) atoms. The second-order valence-corrected chi connectivity index (χ2v) is 9.99. The maximum atomic E-state index is 12.9. The highest BCUT2D eigenvalue weighted by Crippen LogP contribution is 2.33. The lowest BCUT2D eigenvalue weighted by atomic mass is 10.0. The molecule has 2 amide bonds. The van der Waals surface area contributed by atoms with Crippen molar-refractivity contribution in [3.63, 3.8) is 0 Å². The first-order valence-electron chi connectivity index (χ1n) is 11.5. The lowest BCUT2D eigenvalue weighted by Gasteiger charge is -2.28. The van der Waals surface area contributed by atoms with Crippen molar-refractivity contribution in [3.05, 3.63) is 93.2 Å². The van der Waals surface area contributed by atoms with Gasteiger partial charge in [0.1, 0.15) is 0 Å². The molecule has 0 radical (unpaired) electrons. The Bertz CT molecular complexity index is 1130. The highest BCUT2D eigenvalue weighted by Gasteiger charge is 2.38. The first kappa shape index (κ1) is 24.1. The Morgan fingerprint density at radius 3 is 2.56 bits per heavy atom. The zero-order valence-corrected chi connectivity index (χ0v) is 20.0. The van der Waals surface area contributed by atoms with Crippen molar-refractivity contribution in [1.82, 2.24) is 10.2 Å². The highest BCUT2D eigenvalue weighted by molar-refractivity contribution is 7.12. The number of rotatable bonds is 8. The summed E-state index contributed by atoms with van der Waals surface area (Å²) >= 11 is 1.58. The van der Waals surface area contributed by atoms with E-state index in [1.807, 2.05) is 61.5 Å². The van der Waals surface area contributed by atoms with Crippen LogP contribution in [0.25, 0.3) is 0 Å². The van der Waals surface area contributed by atoms with E-state index in [4.69, 9.17) is 0 Å². The first-order valence-corrected chi connectivity index (χ1v) is 12.4. The van der Waals surface area contributed by atoms with Gasteiger partial charge in [-0.25, -0.2) is 0 Å². The largest absolute Gasteiger partial charge is 0.380 e. The van der Waals surface area contributed by atoms with E-state index in [0.29, 0.717) is 6.54 Å². The second-order valence-electron chi connectivity index (χ2n) is 8.74. The highest BCUT2D eigenvalue weighted by atomic mass is 32.1. The Kier molecular flexibility index (Phi) is 7.77. The SMILES string of the molecule is Cc1cccc(C2CCCN2C(=O)[C@H](O)C(O)C(=O)NCc2ccc(Cc3ccccc3)s2)c1. The number of aryl methyl sites for hydroxylation is 1. The molecule has 6 nitrogen and oxygen atoms in total. The second kappa shape index (κ2) is 11.0. The minimum atomic E-state index is -1.82. The van der Waals surface area contributed by atoms with Crippen molar-refractivity contribution in [2.75, 3.05) is 6.54 Å². The van der Waals surface area contributed by atoms with Gasteiger partial charge in [-0.05, 0) is 43.0 Å². The Labute approximate surface area is 203 Å². The molecule has 1 aliphatic heterocycles. The van der Waals surface area contributed by atoms with Crippen LogP contribution in [0, 0.1) is 6.92 Å². The van der Waals surface area contributed by atoms with Gasteiger partial charge in [-0.15, -0.1) is 11.3 Å². The topological polar surface area (TPSA) is 89.9 Å². The van der Waals surface area contributed by atoms with Gasteiger partial charge in [-0.1, -0.05) is 60.2 Å². The van der Waals surface area contributed by atoms with E-state index in [0.717, 1.165) is 35.3 Å². The quantitative estimate of drug-likeness (QED) is 0.463. The average molecular weight is 479 g/mol. The van der Waals surface area contributed by atoms with Crippen LogP contribution in [-0.4, -0.2) is 45.7 Å². The van der Waals surface area contributed by atoms with Gasteiger partial charge in [0.05, 0.1) is 12.6 Å². The van der Waals surface area contributed by atoms with Gasteiger partial charge in [-0.2, -0.15) is 0 Å². The number of amides is 2. The average Bonchev–Trinajstić information content (AvgIpc) is 3.51. The summed E-state index contributed by atoms with van der Waals surface area (Å²) < 4.78 is 0. The molecule has 3 atom stereocenters. The smallest absolute Gasteiger partial charge is 0.255 e. The van der Waals surface area contributed by atoms with E-state index in [1.165, 1.54) is 10.4 Å². The van der Waals surface area contributed by atoms with Crippen LogP contribution in [0.4, 0.5) is 0 Å². The molecule has 3 aromatic rings. The molecular weight excluding hydrogens is 448 g/mol. The molecule has 1 saturated heterocycles. The number of nitrogens with one attached hydrogen (secondary N) is 1. The molecule has 0 aliphatic carbocycles. The van der Waals surface area contributed by atoms with Gasteiger partial charge in [0, 0.05) is 22.7 Å². The monoisotopic (exact) mass is 478 g/mol. The van der Waals surface area contributed by atoms with Crippen LogP contribution >= 0.6 is 11.3 Å². The first-order chi connectivity index (χ1) is 16.4. The molecule has 0 bridgehead atoms. The zero-order chi connectivity index (χ0) is 24.1.